The fourth-order valence-electron chi connectivity index (χ4n) is 0.0995. The molecule has 0 aliphatic rings. The van der Waals surface area contributed by atoms with Crippen molar-refractivity contribution in [1.29, 1.82) is 0 Å². The number of halogens is 1. The van der Waals surface area contributed by atoms with Crippen LogP contribution in [-0.4, -0.2) is 4.65 Å². The van der Waals surface area contributed by atoms with E-state index < -0.39 is 0 Å². The minimum absolute atomic E-state index is 0.115. The molecule has 0 saturated carbocycles. The van der Waals surface area contributed by atoms with E-state index in [4.69, 9.17) is 0 Å². The molecule has 3 heteroatoms. The van der Waals surface area contributed by atoms with Crippen molar-refractivity contribution in [2.45, 2.75) is 0 Å². The summed E-state index contributed by atoms with van der Waals surface area (Å²) in [5.41, 5.74) is 2.53. The third-order valence-corrected chi connectivity index (χ3v) is 0.713. The second-order valence-corrected chi connectivity index (χ2v) is 1.83. The summed E-state index contributed by atoms with van der Waals surface area (Å²) in [5.74, 6) is 0. The van der Waals surface area contributed by atoms with Gasteiger partial charge in [0.05, 0.1) is 0 Å². The molecule has 0 fully saturated rings. The molecule has 0 atom stereocenters. The fraction of sp³-hybridized carbons (Fsp3) is 0. The number of hydrogen-bond donors (Lipinski definition) is 0. The molecule has 0 rings (SSSR count). The van der Waals surface area contributed by atoms with Gasteiger partial charge in [-0.15, -0.1) is 0 Å². The molecule has 7 heavy (non-hydrogen) atoms. The number of hydrogen-bond acceptors (Lipinski definition) is 1. The molecule has 0 heterocycles. The first kappa shape index (κ1) is 7.20. The fourth-order valence-corrected chi connectivity index (χ4v) is 0.338. The number of carbonyl (C=O) groups is 1. The van der Waals surface area contributed by atoms with Gasteiger partial charge in [0.15, 0.2) is 0 Å². The third kappa shape index (κ3) is 6.20. The van der Waals surface area contributed by atoms with E-state index in [-0.39, 0.29) is 4.65 Å². The first-order chi connectivity index (χ1) is 3.27. The van der Waals surface area contributed by atoms with Crippen LogP contribution in [0.2, 0.25) is 0 Å². The van der Waals surface area contributed by atoms with Crippen LogP contribution in [0.3, 0.4) is 0 Å². The van der Waals surface area contributed by atoms with Crippen molar-refractivity contribution in [3.8, 4) is 0 Å². The van der Waals surface area contributed by atoms with Gasteiger partial charge in [-0.05, 0) is 0 Å². The van der Waals surface area contributed by atoms with Crippen molar-refractivity contribution < 1.29 is 21.1 Å². The molecule has 0 N–H and O–H groups in total. The Balaban J connectivity index is 3.70. The van der Waals surface area contributed by atoms with Gasteiger partial charge in [0.2, 0.25) is 0 Å². The van der Waals surface area contributed by atoms with E-state index in [2.05, 4.69) is 38.0 Å². The first-order valence-electron chi connectivity index (χ1n) is 1.49. The van der Waals surface area contributed by atoms with Gasteiger partial charge in [0.25, 0.3) is 0 Å². The van der Waals surface area contributed by atoms with Gasteiger partial charge < -0.3 is 0 Å². The van der Waals surface area contributed by atoms with Crippen LogP contribution in [0.5, 0.6) is 0 Å². The maximum absolute atomic E-state index is 9.99. The molecule has 0 unspecified atom stereocenters. The Morgan fingerprint density at radius 2 is 2.43 bits per heavy atom. The van der Waals surface area contributed by atoms with E-state index in [9.17, 15) is 4.79 Å². The molecule has 37 valence electrons. The van der Waals surface area contributed by atoms with Crippen molar-refractivity contribution in [2.75, 3.05) is 0 Å². The molecule has 0 aliphatic carbocycles. The number of carbonyl (C=O) groups excluding carboxylic acids is 1. The summed E-state index contributed by atoms with van der Waals surface area (Å²) < 4.78 is -0.115. The summed E-state index contributed by atoms with van der Waals surface area (Å²) in [6.45, 7) is 0. The van der Waals surface area contributed by atoms with Gasteiger partial charge in [-0.3, -0.25) is 0 Å². The van der Waals surface area contributed by atoms with Gasteiger partial charge >= 0.3 is 58.5 Å². The predicted molar refractivity (Wildman–Crippen MR) is 26.6 cm³/mol. The topological polar surface area (TPSA) is 17.1 Å². The van der Waals surface area contributed by atoms with E-state index in [1.54, 1.807) is 0 Å². The average molecular weight is 198 g/mol. The maximum atomic E-state index is 9.99. The van der Waals surface area contributed by atoms with Crippen molar-refractivity contribution in [3.63, 3.8) is 0 Å². The Labute approximate surface area is 58.6 Å². The Morgan fingerprint density at radius 3 is 2.57 bits per heavy atom. The van der Waals surface area contributed by atoms with Gasteiger partial charge in [0.1, 0.15) is 0 Å². The Hall–Kier alpha value is 0.202. The van der Waals surface area contributed by atoms with Crippen molar-refractivity contribution >= 4 is 20.6 Å². The summed E-state index contributed by atoms with van der Waals surface area (Å²) in [5, 5.41) is 0. The SMILES string of the molecule is O=[C]([Cr])C=C=CBr. The summed E-state index contributed by atoms with van der Waals surface area (Å²) in [6.07, 6.45) is 1.30. The summed E-state index contributed by atoms with van der Waals surface area (Å²) in [4.78, 5) is 11.5. The van der Waals surface area contributed by atoms with Gasteiger partial charge in [0, 0.05) is 0 Å². The molecule has 0 amide bonds. The average Bonchev–Trinajstić information content (AvgIpc) is 1.61. The van der Waals surface area contributed by atoms with Crippen LogP contribution < -0.4 is 0 Å². The van der Waals surface area contributed by atoms with Crippen LogP contribution in [0.1, 0.15) is 0 Å². The molecule has 0 aromatic carbocycles. The molecule has 0 aromatic rings. The first-order valence-corrected chi connectivity index (χ1v) is 3.05. The molecule has 0 spiro atoms. The van der Waals surface area contributed by atoms with Crippen molar-refractivity contribution in [2.24, 2.45) is 0 Å². The third-order valence-electron chi connectivity index (χ3n) is 0.264. The summed E-state index contributed by atoms with van der Waals surface area (Å²) >= 11 is 5.22. The summed E-state index contributed by atoms with van der Waals surface area (Å²) in [7, 11) is 0. The Morgan fingerprint density at radius 1 is 1.86 bits per heavy atom. The standard InChI is InChI=1S/C4H2BrO.Cr/c5-3-1-2-4-6;/h2-3H;. The Kier molecular flexibility index (Phi) is 4.49. The van der Waals surface area contributed by atoms with E-state index in [1.165, 1.54) is 11.1 Å². The van der Waals surface area contributed by atoms with E-state index >= 15 is 0 Å². The molecule has 0 aromatic heterocycles. The number of allylic oxidation sites excluding steroid dienone is 1. The van der Waals surface area contributed by atoms with Gasteiger partial charge in [-0.2, -0.15) is 0 Å². The molecule has 0 aliphatic heterocycles. The quantitative estimate of drug-likeness (QED) is 0.455. The predicted octanol–water partition coefficient (Wildman–Crippen LogP) is 1.12. The zero-order valence-electron chi connectivity index (χ0n) is 3.35. The Bertz CT molecular complexity index is 124. The molecular formula is C4H2BrCrO. The molecule has 0 saturated heterocycles. The van der Waals surface area contributed by atoms with Crippen LogP contribution in [-0.2, 0) is 21.1 Å². The zero-order chi connectivity index (χ0) is 5.70. The van der Waals surface area contributed by atoms with Crippen LogP contribution in [0.15, 0.2) is 16.8 Å². The molecule has 0 radical (unpaired) electrons. The van der Waals surface area contributed by atoms with E-state index in [0.717, 1.165) is 0 Å². The van der Waals surface area contributed by atoms with E-state index in [1.807, 2.05) is 0 Å². The molecular weight excluding hydrogens is 196 g/mol. The molecule has 0 bridgehead atoms. The van der Waals surface area contributed by atoms with Gasteiger partial charge in [-0.1, -0.05) is 0 Å². The second kappa shape index (κ2) is 4.36. The minimum atomic E-state index is -0.115. The second-order valence-electron chi connectivity index (χ2n) is 0.739. The van der Waals surface area contributed by atoms with Crippen molar-refractivity contribution in [1.82, 2.24) is 0 Å². The van der Waals surface area contributed by atoms with Crippen LogP contribution in [0.4, 0.5) is 0 Å². The van der Waals surface area contributed by atoms with Crippen LogP contribution >= 0.6 is 15.9 Å². The monoisotopic (exact) mass is 197 g/mol. The van der Waals surface area contributed by atoms with Crippen molar-refractivity contribution in [3.05, 3.63) is 16.8 Å². The van der Waals surface area contributed by atoms with Crippen LogP contribution in [0.25, 0.3) is 0 Å². The number of rotatable bonds is 1. The molecule has 1 nitrogen and oxygen atoms in total. The van der Waals surface area contributed by atoms with Crippen LogP contribution in [0, 0.1) is 0 Å². The normalized spacial score (nSPS) is 6.43. The zero-order valence-corrected chi connectivity index (χ0v) is 6.21. The summed E-state index contributed by atoms with van der Waals surface area (Å²) in [6, 6.07) is 0. The van der Waals surface area contributed by atoms with Gasteiger partial charge in [-0.25, -0.2) is 0 Å². The van der Waals surface area contributed by atoms with E-state index in [0.29, 0.717) is 0 Å².